The molecule has 1 unspecified atom stereocenters. The molecule has 0 aliphatic carbocycles. The van der Waals surface area contributed by atoms with Crippen LogP contribution in [0.15, 0.2) is 58.8 Å². The average Bonchev–Trinajstić information content (AvgIpc) is 3.59. The Morgan fingerprint density at radius 1 is 1.03 bits per heavy atom. The topological polar surface area (TPSA) is 92.9 Å². The molecule has 1 saturated heterocycles. The number of nitrogens with zero attached hydrogens (tertiary/aromatic N) is 4. The predicted octanol–water partition coefficient (Wildman–Crippen LogP) is 5.42. The van der Waals surface area contributed by atoms with E-state index in [-0.39, 0.29) is 5.69 Å². The fourth-order valence-corrected chi connectivity index (χ4v) is 2.95. The Hall–Kier alpha value is -2.84. The molecule has 2 aromatic carbocycles. The van der Waals surface area contributed by atoms with Crippen LogP contribution in [0.3, 0.4) is 0 Å². The summed E-state index contributed by atoms with van der Waals surface area (Å²) in [4.78, 5) is 12.5. The molecule has 1 fully saturated rings. The number of ether oxygens (including phenoxy) is 2. The maximum Gasteiger partial charge on any atom is 0.269 e. The second-order valence-electron chi connectivity index (χ2n) is 7.36. The van der Waals surface area contributed by atoms with Gasteiger partial charge >= 0.3 is 0 Å². The Morgan fingerprint density at radius 2 is 1.63 bits per heavy atom. The Morgan fingerprint density at radius 3 is 2.23 bits per heavy atom. The molecule has 1 atom stereocenters. The van der Waals surface area contributed by atoms with Gasteiger partial charge in [0.2, 0.25) is 0 Å². The fourth-order valence-electron chi connectivity index (χ4n) is 2.95. The monoisotopic (exact) mass is 412 g/mol. The second-order valence-corrected chi connectivity index (χ2v) is 7.36. The summed E-state index contributed by atoms with van der Waals surface area (Å²) in [5, 5.41) is 19.0. The summed E-state index contributed by atoms with van der Waals surface area (Å²) in [5.74, 6) is 0. The van der Waals surface area contributed by atoms with Crippen LogP contribution in [0.25, 0.3) is 0 Å². The second kappa shape index (κ2) is 11.4. The summed E-state index contributed by atoms with van der Waals surface area (Å²) in [6.07, 6.45) is 4.97. The van der Waals surface area contributed by atoms with Gasteiger partial charge in [0.15, 0.2) is 0 Å². The number of nitro groups is 1. The molecular weight excluding hydrogens is 384 g/mol. The molecule has 0 N–H and O–H groups in total. The Balaban J connectivity index is 1.34. The van der Waals surface area contributed by atoms with Gasteiger partial charge in [0, 0.05) is 38.0 Å². The number of anilines is 1. The van der Waals surface area contributed by atoms with Crippen molar-refractivity contribution < 1.29 is 14.4 Å². The molecule has 1 aliphatic heterocycles. The van der Waals surface area contributed by atoms with E-state index in [4.69, 9.17) is 9.47 Å². The van der Waals surface area contributed by atoms with Crippen LogP contribution in [0, 0.1) is 10.1 Å². The zero-order valence-corrected chi connectivity index (χ0v) is 17.3. The van der Waals surface area contributed by atoms with Crippen LogP contribution >= 0.6 is 0 Å². The molecular formula is C22H28N4O4. The van der Waals surface area contributed by atoms with Gasteiger partial charge < -0.3 is 14.4 Å². The Bertz CT molecular complexity index is 820. The minimum Gasteiger partial charge on any atom is -0.379 e. The van der Waals surface area contributed by atoms with E-state index in [0.29, 0.717) is 11.8 Å². The summed E-state index contributed by atoms with van der Waals surface area (Å²) < 4.78 is 10.7. The van der Waals surface area contributed by atoms with Crippen LogP contribution < -0.4 is 4.90 Å². The van der Waals surface area contributed by atoms with Crippen molar-refractivity contribution in [3.63, 3.8) is 0 Å². The van der Waals surface area contributed by atoms with Crippen LogP contribution in [0.1, 0.15) is 25.7 Å². The molecule has 8 nitrogen and oxygen atoms in total. The quantitative estimate of drug-likeness (QED) is 0.144. The number of benzene rings is 2. The highest BCUT2D eigenvalue weighted by molar-refractivity contribution is 5.52. The average molecular weight is 412 g/mol. The van der Waals surface area contributed by atoms with Crippen molar-refractivity contribution in [2.45, 2.75) is 31.8 Å². The van der Waals surface area contributed by atoms with Crippen molar-refractivity contribution in [2.75, 3.05) is 38.3 Å². The van der Waals surface area contributed by atoms with Crippen molar-refractivity contribution in [2.24, 2.45) is 10.2 Å². The molecule has 160 valence electrons. The van der Waals surface area contributed by atoms with Gasteiger partial charge in [0.25, 0.3) is 5.69 Å². The van der Waals surface area contributed by atoms with E-state index in [1.54, 1.807) is 12.1 Å². The molecule has 30 heavy (non-hydrogen) atoms. The summed E-state index contributed by atoms with van der Waals surface area (Å²) in [7, 11) is 2.09. The first kappa shape index (κ1) is 21.9. The lowest BCUT2D eigenvalue weighted by Crippen LogP contribution is -2.18. The van der Waals surface area contributed by atoms with Gasteiger partial charge in [0.1, 0.15) is 6.10 Å². The number of hydrogen-bond donors (Lipinski definition) is 0. The third-order valence-electron chi connectivity index (χ3n) is 4.87. The number of non-ortho nitro benzene ring substituents is 1. The van der Waals surface area contributed by atoms with Crippen molar-refractivity contribution in [3.05, 3.63) is 58.6 Å². The van der Waals surface area contributed by atoms with E-state index >= 15 is 0 Å². The van der Waals surface area contributed by atoms with Crippen molar-refractivity contribution in [1.82, 2.24) is 0 Å². The highest BCUT2D eigenvalue weighted by Crippen LogP contribution is 2.23. The summed E-state index contributed by atoms with van der Waals surface area (Å²) in [6, 6.07) is 13.9. The maximum atomic E-state index is 10.7. The predicted molar refractivity (Wildman–Crippen MR) is 116 cm³/mol. The molecule has 0 bridgehead atoms. The van der Waals surface area contributed by atoms with Crippen LogP contribution in [0.5, 0.6) is 0 Å². The summed E-state index contributed by atoms with van der Waals surface area (Å²) in [5.41, 5.74) is 2.49. The van der Waals surface area contributed by atoms with E-state index < -0.39 is 4.92 Å². The number of rotatable bonds is 13. The van der Waals surface area contributed by atoms with Gasteiger partial charge in [-0.05, 0) is 49.2 Å². The first-order valence-corrected chi connectivity index (χ1v) is 10.3. The van der Waals surface area contributed by atoms with Gasteiger partial charge in [-0.25, -0.2) is 0 Å². The lowest BCUT2D eigenvalue weighted by atomic mass is 10.2. The van der Waals surface area contributed by atoms with Gasteiger partial charge in [-0.1, -0.05) is 12.8 Å². The van der Waals surface area contributed by atoms with Crippen LogP contribution in [-0.2, 0) is 9.47 Å². The molecule has 8 heteroatoms. The number of unbranched alkanes of at least 4 members (excludes halogenated alkanes) is 3. The molecule has 3 rings (SSSR count). The molecule has 0 radical (unpaired) electrons. The van der Waals surface area contributed by atoms with E-state index in [0.717, 1.165) is 50.6 Å². The number of nitro benzene ring substituents is 1. The standard InChI is InChI=1S/C22H28N4O4/c1-25(14-4-2-3-5-15-29-16-22-17-30-22)20-10-6-18(7-11-20)23-24-19-8-12-21(13-9-19)26(27)28/h6-13,22H,2-5,14-17H2,1H3. The number of hydrogen-bond acceptors (Lipinski definition) is 7. The molecule has 2 aromatic rings. The highest BCUT2D eigenvalue weighted by Gasteiger charge is 2.21. The molecule has 0 spiro atoms. The Labute approximate surface area is 176 Å². The zero-order valence-electron chi connectivity index (χ0n) is 17.3. The van der Waals surface area contributed by atoms with Crippen LogP contribution in [0.4, 0.5) is 22.7 Å². The van der Waals surface area contributed by atoms with Crippen molar-refractivity contribution >= 4 is 22.7 Å². The third kappa shape index (κ3) is 7.53. The van der Waals surface area contributed by atoms with E-state index in [1.165, 1.54) is 25.0 Å². The van der Waals surface area contributed by atoms with Crippen molar-refractivity contribution in [3.8, 4) is 0 Å². The van der Waals surface area contributed by atoms with Crippen LogP contribution in [0.2, 0.25) is 0 Å². The SMILES string of the molecule is CN(CCCCCCOCC1CO1)c1ccc(N=Nc2ccc([N+](=O)[O-])cc2)cc1. The van der Waals surface area contributed by atoms with Crippen LogP contribution in [-0.4, -0.2) is 44.4 Å². The maximum absolute atomic E-state index is 10.7. The van der Waals surface area contributed by atoms with Crippen molar-refractivity contribution in [1.29, 1.82) is 0 Å². The highest BCUT2D eigenvalue weighted by atomic mass is 16.6. The molecule has 0 amide bonds. The Kier molecular flexibility index (Phi) is 8.29. The lowest BCUT2D eigenvalue weighted by molar-refractivity contribution is -0.384. The third-order valence-corrected chi connectivity index (χ3v) is 4.87. The van der Waals surface area contributed by atoms with Gasteiger partial charge in [-0.15, -0.1) is 0 Å². The van der Waals surface area contributed by atoms with Gasteiger partial charge in [-0.2, -0.15) is 10.2 Å². The molecule has 0 saturated carbocycles. The number of epoxide rings is 1. The lowest BCUT2D eigenvalue weighted by Gasteiger charge is -2.19. The first-order chi connectivity index (χ1) is 14.6. The minimum absolute atomic E-state index is 0.0401. The fraction of sp³-hybridized carbons (Fsp3) is 0.455. The minimum atomic E-state index is -0.434. The first-order valence-electron chi connectivity index (χ1n) is 10.3. The van der Waals surface area contributed by atoms with E-state index in [1.807, 2.05) is 24.3 Å². The van der Waals surface area contributed by atoms with Gasteiger partial charge in [-0.3, -0.25) is 10.1 Å². The zero-order chi connectivity index (χ0) is 21.2. The molecule has 1 heterocycles. The summed E-state index contributed by atoms with van der Waals surface area (Å²) >= 11 is 0. The number of azo groups is 1. The van der Waals surface area contributed by atoms with E-state index in [2.05, 4.69) is 22.2 Å². The largest absolute Gasteiger partial charge is 0.379 e. The molecule has 0 aromatic heterocycles. The summed E-state index contributed by atoms with van der Waals surface area (Å²) in [6.45, 7) is 3.42. The van der Waals surface area contributed by atoms with Gasteiger partial charge in [0.05, 0.1) is 29.5 Å². The smallest absolute Gasteiger partial charge is 0.269 e. The normalized spacial score (nSPS) is 15.4. The van der Waals surface area contributed by atoms with E-state index in [9.17, 15) is 10.1 Å². The molecule has 1 aliphatic rings.